The number of aliphatic hydroxyl groups excluding tert-OH is 1. The largest absolute Gasteiger partial charge is 0.485 e. The average Bonchev–Trinajstić information content (AvgIpc) is 3.35. The van der Waals surface area contributed by atoms with Crippen LogP contribution in [0.1, 0.15) is 37.5 Å². The van der Waals surface area contributed by atoms with Gasteiger partial charge in [-0.2, -0.15) is 5.26 Å². The molecule has 0 radical (unpaired) electrons. The molecule has 3 aliphatic rings. The van der Waals surface area contributed by atoms with Crippen molar-refractivity contribution in [1.82, 2.24) is 5.43 Å². The number of rotatable bonds is 1. The molecule has 1 fully saturated rings. The number of hydrogen-bond donors (Lipinski definition) is 2. The minimum Gasteiger partial charge on any atom is -0.485 e. The Kier molecular flexibility index (Phi) is 3.09. The Morgan fingerprint density at radius 1 is 1.46 bits per heavy atom. The highest BCUT2D eigenvalue weighted by molar-refractivity contribution is 5.96. The van der Waals surface area contributed by atoms with Gasteiger partial charge < -0.3 is 14.6 Å². The van der Waals surface area contributed by atoms with Crippen molar-refractivity contribution in [3.05, 3.63) is 29.3 Å². The molecule has 1 aromatic rings. The summed E-state index contributed by atoms with van der Waals surface area (Å²) < 4.78 is 11.9. The second kappa shape index (κ2) is 4.95. The van der Waals surface area contributed by atoms with E-state index in [0.29, 0.717) is 29.2 Å². The zero-order valence-electron chi connectivity index (χ0n) is 13.3. The van der Waals surface area contributed by atoms with Gasteiger partial charge in [0.05, 0.1) is 17.6 Å². The molecule has 124 valence electrons. The van der Waals surface area contributed by atoms with Gasteiger partial charge in [-0.25, -0.2) is 5.43 Å². The van der Waals surface area contributed by atoms with Gasteiger partial charge in [0.2, 0.25) is 11.8 Å². The monoisotopic (exact) mass is 327 g/mol. The van der Waals surface area contributed by atoms with Crippen molar-refractivity contribution in [2.45, 2.75) is 38.1 Å². The van der Waals surface area contributed by atoms with Crippen molar-refractivity contribution in [3.63, 3.8) is 0 Å². The number of carbonyl (C=O) groups is 1. The minimum absolute atomic E-state index is 0.0282. The molecule has 1 aromatic carbocycles. The van der Waals surface area contributed by atoms with E-state index in [2.05, 4.69) is 16.6 Å². The number of fused-ring (bicyclic) bond motifs is 2. The van der Waals surface area contributed by atoms with Crippen molar-refractivity contribution in [2.24, 2.45) is 16.9 Å². The van der Waals surface area contributed by atoms with Gasteiger partial charge >= 0.3 is 0 Å². The standard InChI is InChI=1S/C17H17N3O4/c1-17(2)14(21)13(11-5-8(7-18)3-4-12(11)24-17)23-16-10-6-9(10)15(22)19-20-16/h3-5,9-10,13-14,21H,6H2,1-2H3,(H,19,22). The molecular weight excluding hydrogens is 310 g/mol. The van der Waals surface area contributed by atoms with Crippen LogP contribution in [0.3, 0.4) is 0 Å². The lowest BCUT2D eigenvalue weighted by molar-refractivity contribution is -0.123. The Hall–Kier alpha value is -2.59. The lowest BCUT2D eigenvalue weighted by Crippen LogP contribution is -2.50. The van der Waals surface area contributed by atoms with E-state index in [1.807, 2.05) is 0 Å². The summed E-state index contributed by atoms with van der Waals surface area (Å²) >= 11 is 0. The number of nitriles is 1. The molecule has 4 atom stereocenters. The van der Waals surface area contributed by atoms with E-state index in [1.165, 1.54) is 0 Å². The molecule has 0 saturated heterocycles. The molecule has 2 aliphatic heterocycles. The fraction of sp³-hybridized carbons (Fsp3) is 0.471. The Morgan fingerprint density at radius 2 is 2.25 bits per heavy atom. The number of ether oxygens (including phenoxy) is 2. The lowest BCUT2D eigenvalue weighted by atomic mass is 9.87. The van der Waals surface area contributed by atoms with Crippen molar-refractivity contribution in [1.29, 1.82) is 5.26 Å². The number of nitrogens with zero attached hydrogens (tertiary/aromatic N) is 2. The average molecular weight is 327 g/mol. The number of aliphatic hydroxyl groups is 1. The molecule has 24 heavy (non-hydrogen) atoms. The number of carbonyl (C=O) groups excluding carboxylic acids is 1. The number of nitrogens with one attached hydrogen (secondary N) is 1. The van der Waals surface area contributed by atoms with Crippen LogP contribution in [-0.4, -0.2) is 28.6 Å². The van der Waals surface area contributed by atoms with Crippen molar-refractivity contribution in [3.8, 4) is 11.8 Å². The normalized spacial score (nSPS) is 32.2. The van der Waals surface area contributed by atoms with Crippen LogP contribution < -0.4 is 10.2 Å². The Bertz CT molecular complexity index is 796. The summed E-state index contributed by atoms with van der Waals surface area (Å²) in [7, 11) is 0. The molecule has 4 unspecified atom stereocenters. The molecule has 0 aromatic heterocycles. The summed E-state index contributed by atoms with van der Waals surface area (Å²) in [4.78, 5) is 11.5. The van der Waals surface area contributed by atoms with Crippen LogP contribution in [-0.2, 0) is 9.53 Å². The van der Waals surface area contributed by atoms with E-state index in [1.54, 1.807) is 32.0 Å². The van der Waals surface area contributed by atoms with Gasteiger partial charge in [0.15, 0.2) is 6.10 Å². The fourth-order valence-electron chi connectivity index (χ4n) is 3.22. The SMILES string of the molecule is CC1(C)Oc2ccc(C#N)cc2C(OC2=NNC(=O)C3CC23)C1O. The maximum Gasteiger partial charge on any atom is 0.244 e. The van der Waals surface area contributed by atoms with E-state index in [9.17, 15) is 9.90 Å². The second-order valence-electron chi connectivity index (χ2n) is 6.93. The highest BCUT2D eigenvalue weighted by Crippen LogP contribution is 2.46. The van der Waals surface area contributed by atoms with Crippen molar-refractivity contribution >= 4 is 11.8 Å². The van der Waals surface area contributed by atoms with Gasteiger partial charge in [0.1, 0.15) is 17.5 Å². The first-order chi connectivity index (χ1) is 11.4. The third-order valence-electron chi connectivity index (χ3n) is 4.79. The van der Waals surface area contributed by atoms with Gasteiger partial charge in [-0.15, -0.1) is 5.10 Å². The van der Waals surface area contributed by atoms with Gasteiger partial charge in [-0.3, -0.25) is 4.79 Å². The summed E-state index contributed by atoms with van der Waals surface area (Å²) in [6, 6.07) is 7.11. The maximum atomic E-state index is 11.5. The minimum atomic E-state index is -0.948. The highest BCUT2D eigenvalue weighted by Gasteiger charge is 2.53. The smallest absolute Gasteiger partial charge is 0.244 e. The Morgan fingerprint density at radius 3 is 3.00 bits per heavy atom. The quantitative estimate of drug-likeness (QED) is 0.807. The van der Waals surface area contributed by atoms with Gasteiger partial charge in [-0.05, 0) is 38.5 Å². The van der Waals surface area contributed by atoms with Crippen LogP contribution in [0.5, 0.6) is 5.75 Å². The topological polar surface area (TPSA) is 104 Å². The zero-order valence-corrected chi connectivity index (χ0v) is 13.3. The number of amides is 1. The third-order valence-corrected chi connectivity index (χ3v) is 4.79. The summed E-state index contributed by atoms with van der Waals surface area (Å²) in [6.07, 6.45) is -0.957. The van der Waals surface area contributed by atoms with Crippen LogP contribution >= 0.6 is 0 Å². The van der Waals surface area contributed by atoms with Crippen molar-refractivity contribution < 1.29 is 19.4 Å². The van der Waals surface area contributed by atoms with E-state index < -0.39 is 17.8 Å². The van der Waals surface area contributed by atoms with Crippen molar-refractivity contribution in [2.75, 3.05) is 0 Å². The molecule has 7 nitrogen and oxygen atoms in total. The summed E-state index contributed by atoms with van der Waals surface area (Å²) in [5.41, 5.74) is 2.67. The Labute approximate surface area is 138 Å². The summed E-state index contributed by atoms with van der Waals surface area (Å²) in [5.74, 6) is 0.788. The first kappa shape index (κ1) is 15.0. The maximum absolute atomic E-state index is 11.5. The summed E-state index contributed by atoms with van der Waals surface area (Å²) in [5, 5.41) is 23.8. The number of hydrogen-bond acceptors (Lipinski definition) is 6. The molecule has 4 rings (SSSR count). The molecule has 2 heterocycles. The van der Waals surface area contributed by atoms with Crippen LogP contribution in [0.2, 0.25) is 0 Å². The first-order valence-corrected chi connectivity index (χ1v) is 7.86. The highest BCUT2D eigenvalue weighted by atomic mass is 16.5. The molecular formula is C17H17N3O4. The Balaban J connectivity index is 1.71. The molecule has 2 N–H and O–H groups in total. The van der Waals surface area contributed by atoms with E-state index in [4.69, 9.17) is 14.7 Å². The predicted molar refractivity (Wildman–Crippen MR) is 82.9 cm³/mol. The molecule has 7 heteroatoms. The first-order valence-electron chi connectivity index (χ1n) is 7.86. The predicted octanol–water partition coefficient (Wildman–Crippen LogP) is 1.23. The molecule has 0 bridgehead atoms. The van der Waals surface area contributed by atoms with Crippen LogP contribution in [0.25, 0.3) is 0 Å². The molecule has 1 saturated carbocycles. The third kappa shape index (κ3) is 2.22. The van der Waals surface area contributed by atoms with Crippen LogP contribution in [0.4, 0.5) is 0 Å². The molecule has 1 amide bonds. The molecule has 1 aliphatic carbocycles. The number of hydrazone groups is 1. The van der Waals surface area contributed by atoms with Crippen LogP contribution in [0, 0.1) is 23.2 Å². The second-order valence-corrected chi connectivity index (χ2v) is 6.93. The number of benzene rings is 1. The van der Waals surface area contributed by atoms with Crippen LogP contribution in [0.15, 0.2) is 23.3 Å². The fourth-order valence-corrected chi connectivity index (χ4v) is 3.22. The van der Waals surface area contributed by atoms with E-state index in [-0.39, 0.29) is 17.7 Å². The van der Waals surface area contributed by atoms with Gasteiger partial charge in [0, 0.05) is 11.5 Å². The lowest BCUT2D eigenvalue weighted by Gasteiger charge is -2.42. The zero-order chi connectivity index (χ0) is 17.1. The van der Waals surface area contributed by atoms with Gasteiger partial charge in [-0.1, -0.05) is 0 Å². The van der Waals surface area contributed by atoms with E-state index in [0.717, 1.165) is 0 Å². The molecule has 0 spiro atoms. The van der Waals surface area contributed by atoms with E-state index >= 15 is 0 Å². The van der Waals surface area contributed by atoms with Gasteiger partial charge in [0.25, 0.3) is 0 Å². The summed E-state index contributed by atoms with van der Waals surface area (Å²) in [6.45, 7) is 3.55.